The van der Waals surface area contributed by atoms with Gasteiger partial charge in [0.25, 0.3) is 0 Å². The van der Waals surface area contributed by atoms with Crippen LogP contribution in [0, 0.1) is 11.3 Å². The molecule has 1 N–H and O–H groups in total. The van der Waals surface area contributed by atoms with Crippen molar-refractivity contribution in [2.24, 2.45) is 0 Å². The predicted octanol–water partition coefficient (Wildman–Crippen LogP) is 2.53. The normalized spacial score (nSPS) is 24.5. The third-order valence-electron chi connectivity index (χ3n) is 3.91. The quantitative estimate of drug-likeness (QED) is 0.739. The lowest BCUT2D eigenvalue weighted by Crippen LogP contribution is -2.41. The number of likely N-dealkylation sites (tertiary alicyclic amines) is 1. The number of rotatable bonds is 7. The molecule has 0 saturated carbocycles. The Morgan fingerprint density at radius 1 is 1.47 bits per heavy atom. The van der Waals surface area contributed by atoms with Gasteiger partial charge in [0, 0.05) is 6.04 Å². The Bertz CT molecular complexity index is 259. The van der Waals surface area contributed by atoms with E-state index in [-0.39, 0.29) is 5.54 Å². The van der Waals surface area contributed by atoms with Crippen molar-refractivity contribution in [3.8, 4) is 6.07 Å². The van der Waals surface area contributed by atoms with Crippen LogP contribution < -0.4 is 5.32 Å². The minimum Gasteiger partial charge on any atom is -0.300 e. The number of nitrogens with one attached hydrogen (secondary N) is 1. The monoisotopic (exact) mass is 237 g/mol. The van der Waals surface area contributed by atoms with Crippen molar-refractivity contribution in [2.45, 2.75) is 64.5 Å². The van der Waals surface area contributed by atoms with Crippen molar-refractivity contribution in [3.05, 3.63) is 0 Å². The maximum atomic E-state index is 9.18. The van der Waals surface area contributed by atoms with Crippen molar-refractivity contribution < 1.29 is 0 Å². The van der Waals surface area contributed by atoms with Gasteiger partial charge in [-0.25, -0.2) is 0 Å². The van der Waals surface area contributed by atoms with E-state index in [0.717, 1.165) is 32.0 Å². The average molecular weight is 237 g/mol. The Hall–Kier alpha value is -0.590. The van der Waals surface area contributed by atoms with E-state index in [1.165, 1.54) is 25.8 Å². The van der Waals surface area contributed by atoms with Gasteiger partial charge >= 0.3 is 0 Å². The lowest BCUT2D eigenvalue weighted by molar-refractivity contribution is 0.235. The smallest absolute Gasteiger partial charge is 0.103 e. The van der Waals surface area contributed by atoms with E-state index >= 15 is 0 Å². The van der Waals surface area contributed by atoms with Crippen molar-refractivity contribution in [1.29, 1.82) is 5.26 Å². The van der Waals surface area contributed by atoms with Crippen molar-refractivity contribution in [1.82, 2.24) is 10.2 Å². The van der Waals surface area contributed by atoms with E-state index in [9.17, 15) is 5.26 Å². The summed E-state index contributed by atoms with van der Waals surface area (Å²) < 4.78 is 0. The summed E-state index contributed by atoms with van der Waals surface area (Å²) in [5.41, 5.74) is -0.337. The lowest BCUT2D eigenvalue weighted by Gasteiger charge is -2.26. The zero-order valence-corrected chi connectivity index (χ0v) is 11.6. The van der Waals surface area contributed by atoms with Crippen LogP contribution in [-0.2, 0) is 0 Å². The fraction of sp³-hybridized carbons (Fsp3) is 0.929. The van der Waals surface area contributed by atoms with Crippen LogP contribution in [0.4, 0.5) is 0 Å². The largest absolute Gasteiger partial charge is 0.300 e. The molecule has 0 amide bonds. The highest BCUT2D eigenvalue weighted by molar-refractivity contribution is 5.03. The maximum Gasteiger partial charge on any atom is 0.103 e. The lowest BCUT2D eigenvalue weighted by atomic mass is 9.97. The second-order valence-corrected chi connectivity index (χ2v) is 5.32. The van der Waals surface area contributed by atoms with E-state index < -0.39 is 0 Å². The Kier molecular flexibility index (Phi) is 5.94. The minimum absolute atomic E-state index is 0.337. The van der Waals surface area contributed by atoms with Gasteiger partial charge < -0.3 is 4.90 Å². The van der Waals surface area contributed by atoms with Gasteiger partial charge in [-0.15, -0.1) is 0 Å². The maximum absolute atomic E-state index is 9.18. The molecule has 1 saturated heterocycles. The van der Waals surface area contributed by atoms with Crippen LogP contribution >= 0.6 is 0 Å². The highest BCUT2D eigenvalue weighted by atomic mass is 15.2. The molecule has 1 heterocycles. The van der Waals surface area contributed by atoms with Crippen LogP contribution in [0.2, 0.25) is 0 Å². The van der Waals surface area contributed by atoms with Gasteiger partial charge in [-0.05, 0) is 58.7 Å². The molecule has 1 aliphatic rings. The van der Waals surface area contributed by atoms with E-state index in [2.05, 4.69) is 30.1 Å². The van der Waals surface area contributed by atoms with Gasteiger partial charge in [0.15, 0.2) is 0 Å². The number of nitriles is 1. The third kappa shape index (κ3) is 4.29. The first-order valence-corrected chi connectivity index (χ1v) is 7.05. The fourth-order valence-electron chi connectivity index (χ4n) is 2.86. The summed E-state index contributed by atoms with van der Waals surface area (Å²) in [6.07, 6.45) is 6.04. The standard InChI is InChI=1S/C14H27N3/c1-4-13-8-6-10-17(13)11-7-9-14(3,12-15)16-5-2/h13,16H,4-11H2,1-3H3. The summed E-state index contributed by atoms with van der Waals surface area (Å²) >= 11 is 0. The van der Waals surface area contributed by atoms with Crippen LogP contribution in [0.1, 0.15) is 52.9 Å². The molecular weight excluding hydrogens is 210 g/mol. The molecule has 1 aliphatic heterocycles. The molecule has 2 unspecified atom stereocenters. The van der Waals surface area contributed by atoms with Gasteiger partial charge in [0.2, 0.25) is 0 Å². The summed E-state index contributed by atoms with van der Waals surface area (Å²) in [7, 11) is 0. The predicted molar refractivity (Wildman–Crippen MR) is 71.8 cm³/mol. The molecule has 0 aromatic rings. The number of nitrogens with zero attached hydrogens (tertiary/aromatic N) is 2. The molecule has 0 aromatic heterocycles. The molecule has 3 nitrogen and oxygen atoms in total. The fourth-order valence-corrected chi connectivity index (χ4v) is 2.86. The van der Waals surface area contributed by atoms with Gasteiger partial charge in [0.05, 0.1) is 6.07 Å². The summed E-state index contributed by atoms with van der Waals surface area (Å²) in [4.78, 5) is 2.60. The van der Waals surface area contributed by atoms with E-state index in [1.54, 1.807) is 0 Å². The number of hydrogen-bond acceptors (Lipinski definition) is 3. The molecule has 3 heteroatoms. The van der Waals surface area contributed by atoms with Gasteiger partial charge in [-0.1, -0.05) is 13.8 Å². The molecule has 98 valence electrons. The van der Waals surface area contributed by atoms with E-state index in [4.69, 9.17) is 0 Å². The molecule has 0 bridgehead atoms. The molecule has 0 aliphatic carbocycles. The molecule has 1 rings (SSSR count). The average Bonchev–Trinajstić information content (AvgIpc) is 2.77. The van der Waals surface area contributed by atoms with Crippen LogP contribution in [0.25, 0.3) is 0 Å². The molecule has 17 heavy (non-hydrogen) atoms. The molecule has 2 atom stereocenters. The first kappa shape index (κ1) is 14.5. The van der Waals surface area contributed by atoms with Crippen molar-refractivity contribution in [3.63, 3.8) is 0 Å². The first-order valence-electron chi connectivity index (χ1n) is 7.05. The molecule has 0 spiro atoms. The van der Waals surface area contributed by atoms with E-state index in [0.29, 0.717) is 0 Å². The zero-order chi connectivity index (χ0) is 12.7. The second-order valence-electron chi connectivity index (χ2n) is 5.32. The van der Waals surface area contributed by atoms with Crippen LogP contribution in [0.5, 0.6) is 0 Å². The molecule has 0 aromatic carbocycles. The second kappa shape index (κ2) is 6.98. The molecule has 0 radical (unpaired) electrons. The third-order valence-corrected chi connectivity index (χ3v) is 3.91. The summed E-state index contributed by atoms with van der Waals surface area (Å²) in [5.74, 6) is 0. The summed E-state index contributed by atoms with van der Waals surface area (Å²) in [5, 5.41) is 12.5. The van der Waals surface area contributed by atoms with Crippen molar-refractivity contribution in [2.75, 3.05) is 19.6 Å². The van der Waals surface area contributed by atoms with Gasteiger partial charge in [-0.2, -0.15) is 5.26 Å². The number of hydrogen-bond donors (Lipinski definition) is 1. The minimum atomic E-state index is -0.337. The summed E-state index contributed by atoms with van der Waals surface area (Å²) in [6, 6.07) is 3.19. The Labute approximate surface area is 106 Å². The van der Waals surface area contributed by atoms with Crippen LogP contribution in [0.15, 0.2) is 0 Å². The Morgan fingerprint density at radius 3 is 2.82 bits per heavy atom. The zero-order valence-electron chi connectivity index (χ0n) is 11.6. The van der Waals surface area contributed by atoms with E-state index in [1.807, 2.05) is 6.92 Å². The topological polar surface area (TPSA) is 39.1 Å². The first-order chi connectivity index (χ1) is 8.15. The van der Waals surface area contributed by atoms with Crippen LogP contribution in [0.3, 0.4) is 0 Å². The molecular formula is C14H27N3. The summed E-state index contributed by atoms with van der Waals surface area (Å²) in [6.45, 7) is 9.62. The Balaban J connectivity index is 2.29. The highest BCUT2D eigenvalue weighted by Gasteiger charge is 2.25. The van der Waals surface area contributed by atoms with Gasteiger partial charge in [-0.3, -0.25) is 5.32 Å². The Morgan fingerprint density at radius 2 is 2.24 bits per heavy atom. The van der Waals surface area contributed by atoms with Crippen LogP contribution in [-0.4, -0.2) is 36.1 Å². The van der Waals surface area contributed by atoms with Gasteiger partial charge in [0.1, 0.15) is 5.54 Å². The highest BCUT2D eigenvalue weighted by Crippen LogP contribution is 2.21. The van der Waals surface area contributed by atoms with Crippen molar-refractivity contribution >= 4 is 0 Å². The molecule has 1 fully saturated rings. The SMILES string of the molecule is CCNC(C)(C#N)CCCN1CCCC1CC.